The summed E-state index contributed by atoms with van der Waals surface area (Å²) in [4.78, 5) is 69.9. The molecule has 266 valence electrons. The number of carbonyl (C=O) groups excluding carboxylic acids is 5. The fourth-order valence-corrected chi connectivity index (χ4v) is 6.01. The van der Waals surface area contributed by atoms with Crippen molar-refractivity contribution >= 4 is 29.9 Å². The van der Waals surface area contributed by atoms with Crippen LogP contribution in [0.3, 0.4) is 0 Å². The SMILES string of the molecule is CCCC(NC(=O)[C@H]1C[C@H](OC(=O)N2CCc3ccccc3C2)CN1C(=O)[C@H]([N-]C(=O)OC(C)(C)C)C(C)(C)C)C(O)C(=O)NC1CC1.[Li+]. The van der Waals surface area contributed by atoms with Gasteiger partial charge in [0.25, 0.3) is 5.91 Å². The van der Waals surface area contributed by atoms with Crippen molar-refractivity contribution in [1.82, 2.24) is 20.4 Å². The Morgan fingerprint density at radius 3 is 2.29 bits per heavy atom. The zero-order valence-corrected chi connectivity index (χ0v) is 30.3. The van der Waals surface area contributed by atoms with Crippen molar-refractivity contribution in [1.29, 1.82) is 0 Å². The van der Waals surface area contributed by atoms with Gasteiger partial charge < -0.3 is 40.3 Å². The van der Waals surface area contributed by atoms with Crippen molar-refractivity contribution in [3.63, 3.8) is 0 Å². The van der Waals surface area contributed by atoms with Crippen LogP contribution >= 0.6 is 0 Å². The minimum atomic E-state index is -1.49. The summed E-state index contributed by atoms with van der Waals surface area (Å²) in [7, 11) is 0. The third kappa shape index (κ3) is 11.1. The monoisotopic (exact) mass is 677 g/mol. The number of hydrogen-bond donors (Lipinski definition) is 3. The molecule has 2 aliphatic heterocycles. The summed E-state index contributed by atoms with van der Waals surface area (Å²) in [5.41, 5.74) is 0.529. The summed E-state index contributed by atoms with van der Waals surface area (Å²) in [6.45, 7) is 13.0. The van der Waals surface area contributed by atoms with Crippen LogP contribution in [0.15, 0.2) is 24.3 Å². The van der Waals surface area contributed by atoms with Crippen LogP contribution in [-0.4, -0.2) is 99.9 Å². The average molecular weight is 678 g/mol. The van der Waals surface area contributed by atoms with E-state index in [-0.39, 0.29) is 37.9 Å². The first-order chi connectivity index (χ1) is 22.5. The summed E-state index contributed by atoms with van der Waals surface area (Å²) in [5, 5.41) is 20.6. The topological polar surface area (TPSA) is 169 Å². The fourth-order valence-electron chi connectivity index (χ4n) is 6.01. The van der Waals surface area contributed by atoms with Gasteiger partial charge in [-0.2, -0.15) is 0 Å². The Kier molecular flexibility index (Phi) is 13.6. The van der Waals surface area contributed by atoms with E-state index >= 15 is 0 Å². The van der Waals surface area contributed by atoms with E-state index in [2.05, 4.69) is 16.0 Å². The van der Waals surface area contributed by atoms with Gasteiger partial charge in [-0.3, -0.25) is 19.2 Å². The smallest absolute Gasteiger partial charge is 0.607 e. The first-order valence-electron chi connectivity index (χ1n) is 17.0. The van der Waals surface area contributed by atoms with Gasteiger partial charge in [0.1, 0.15) is 17.7 Å². The van der Waals surface area contributed by atoms with Crippen LogP contribution in [0.5, 0.6) is 0 Å². The van der Waals surface area contributed by atoms with Gasteiger partial charge in [0.05, 0.1) is 12.6 Å². The van der Waals surface area contributed by atoms with Gasteiger partial charge in [-0.25, -0.2) is 4.79 Å². The molecule has 3 N–H and O–H groups in total. The molecule has 0 bridgehead atoms. The number of aliphatic hydroxyl groups is 1. The van der Waals surface area contributed by atoms with E-state index < -0.39 is 71.3 Å². The summed E-state index contributed by atoms with van der Waals surface area (Å²) in [5.74, 6) is -1.76. The van der Waals surface area contributed by atoms with E-state index in [1.54, 1.807) is 46.4 Å². The largest absolute Gasteiger partial charge is 1.00 e. The zero-order valence-electron chi connectivity index (χ0n) is 30.3. The Hall–Kier alpha value is -3.27. The van der Waals surface area contributed by atoms with Crippen LogP contribution in [0.1, 0.15) is 91.7 Å². The molecular weight excluding hydrogens is 625 g/mol. The number of benzene rings is 1. The molecule has 1 aromatic rings. The molecule has 3 aliphatic rings. The van der Waals surface area contributed by atoms with E-state index in [4.69, 9.17) is 9.47 Å². The second-order valence-corrected chi connectivity index (χ2v) is 15.2. The van der Waals surface area contributed by atoms with Gasteiger partial charge in [0.15, 0.2) is 6.10 Å². The number of amides is 5. The number of nitrogens with zero attached hydrogens (tertiary/aromatic N) is 3. The maximum atomic E-state index is 14.2. The van der Waals surface area contributed by atoms with Crippen molar-refractivity contribution in [3.8, 4) is 0 Å². The van der Waals surface area contributed by atoms with Crippen molar-refractivity contribution in [2.75, 3.05) is 13.1 Å². The predicted octanol–water partition coefficient (Wildman–Crippen LogP) is 0.803. The molecule has 13 nitrogen and oxygen atoms in total. The standard InChI is InChI=1S/C35H53N5O8.Li/c1-8-11-25(27(41)30(43)36-23-14-15-23)37-29(42)26-18-24(47-33(46)39-17-16-21-12-9-10-13-22(21)19-39)20-40(26)31(44)28(34(2,3)4)38-32(45)48-35(5,6)7;/h9-10,12-13,23-28,41H,8,11,14-20H2,1-7H3,(H3,36,37,38,42,43,45);/q;+1/p-1/t24-,25?,26+,27?,28-;/m0./s1. The summed E-state index contributed by atoms with van der Waals surface area (Å²) in [6.07, 6.45) is -0.524. The Morgan fingerprint density at radius 1 is 1.04 bits per heavy atom. The molecule has 0 radical (unpaired) electrons. The fraction of sp³-hybridized carbons (Fsp3) is 0.686. The van der Waals surface area contributed by atoms with Crippen LogP contribution in [0.4, 0.5) is 9.59 Å². The van der Waals surface area contributed by atoms with Gasteiger partial charge in [-0.15, -0.1) is 0 Å². The molecule has 5 amide bonds. The molecule has 1 saturated carbocycles. The average Bonchev–Trinajstić information content (AvgIpc) is 3.72. The number of nitrogens with one attached hydrogen (secondary N) is 2. The van der Waals surface area contributed by atoms with Gasteiger partial charge in [-0.05, 0) is 69.0 Å². The number of rotatable bonds is 10. The van der Waals surface area contributed by atoms with Crippen molar-refractivity contribution in [2.45, 2.75) is 136 Å². The molecule has 14 heteroatoms. The molecule has 1 aromatic carbocycles. The Labute approximate surface area is 301 Å². The van der Waals surface area contributed by atoms with E-state index in [9.17, 15) is 29.1 Å². The summed E-state index contributed by atoms with van der Waals surface area (Å²) in [6, 6.07) is 4.69. The number of fused-ring (bicyclic) bond motifs is 1. The van der Waals surface area contributed by atoms with Crippen molar-refractivity contribution in [3.05, 3.63) is 40.7 Å². The molecule has 1 saturated heterocycles. The molecule has 4 rings (SSSR count). The van der Waals surface area contributed by atoms with Gasteiger partial charge in [0, 0.05) is 25.6 Å². The number of ether oxygens (including phenoxy) is 2. The second-order valence-electron chi connectivity index (χ2n) is 15.2. The number of carbonyl (C=O) groups is 5. The minimum absolute atomic E-state index is 0. The third-order valence-electron chi connectivity index (χ3n) is 8.69. The first kappa shape index (κ1) is 40.2. The quantitative estimate of drug-likeness (QED) is 0.306. The number of aliphatic hydroxyl groups excluding tert-OH is 1. The Balaban J connectivity index is 0.00000650. The molecule has 2 heterocycles. The molecular formula is C35H52LiN5O8. The van der Waals surface area contributed by atoms with Crippen LogP contribution in [0, 0.1) is 5.41 Å². The summed E-state index contributed by atoms with van der Waals surface area (Å²) >= 11 is 0. The van der Waals surface area contributed by atoms with Gasteiger partial charge in [-0.1, -0.05) is 58.4 Å². The molecule has 0 spiro atoms. The molecule has 49 heavy (non-hydrogen) atoms. The van der Waals surface area contributed by atoms with Crippen LogP contribution < -0.4 is 29.5 Å². The zero-order chi connectivity index (χ0) is 35.4. The van der Waals surface area contributed by atoms with Gasteiger partial charge >= 0.3 is 25.0 Å². The Morgan fingerprint density at radius 2 is 1.69 bits per heavy atom. The van der Waals surface area contributed by atoms with E-state index in [0.717, 1.165) is 18.4 Å². The first-order valence-corrected chi connectivity index (χ1v) is 17.0. The van der Waals surface area contributed by atoms with E-state index in [1.165, 1.54) is 10.5 Å². The molecule has 2 unspecified atom stereocenters. The van der Waals surface area contributed by atoms with Crippen LogP contribution in [0.2, 0.25) is 0 Å². The van der Waals surface area contributed by atoms with Crippen molar-refractivity contribution < 1.29 is 57.4 Å². The molecule has 0 aromatic heterocycles. The molecule has 1 aliphatic carbocycles. The van der Waals surface area contributed by atoms with Crippen LogP contribution in [-0.2, 0) is 36.8 Å². The summed E-state index contributed by atoms with van der Waals surface area (Å²) < 4.78 is 11.3. The second kappa shape index (κ2) is 16.6. The normalized spacial score (nSPS) is 20.9. The van der Waals surface area contributed by atoms with Crippen molar-refractivity contribution in [2.24, 2.45) is 5.41 Å². The van der Waals surface area contributed by atoms with E-state index in [1.807, 2.05) is 31.2 Å². The number of likely N-dealkylation sites (tertiary alicyclic amines) is 1. The number of hydrogen-bond acceptors (Lipinski definition) is 8. The Bertz CT molecular complexity index is 1360. The maximum absolute atomic E-state index is 14.2. The molecule has 2 fully saturated rings. The van der Waals surface area contributed by atoms with Crippen LogP contribution in [0.25, 0.3) is 5.32 Å². The van der Waals surface area contributed by atoms with Gasteiger partial charge in [0.2, 0.25) is 17.9 Å². The molecule has 5 atom stereocenters. The third-order valence-corrected chi connectivity index (χ3v) is 8.69. The maximum Gasteiger partial charge on any atom is 1.00 e. The predicted molar refractivity (Wildman–Crippen MR) is 178 cm³/mol. The minimum Gasteiger partial charge on any atom is -0.607 e. The van der Waals surface area contributed by atoms with E-state index in [0.29, 0.717) is 32.4 Å².